The Morgan fingerprint density at radius 3 is 2.51 bits per heavy atom. The number of rotatable bonds is 6. The normalized spacial score (nSPS) is 18.7. The molecule has 2 saturated heterocycles. The van der Waals surface area contributed by atoms with Crippen LogP contribution in [-0.4, -0.2) is 60.6 Å². The molecule has 1 atom stereocenters. The van der Waals surface area contributed by atoms with Crippen molar-refractivity contribution in [2.24, 2.45) is 5.92 Å². The average molecular weight is 476 g/mol. The van der Waals surface area contributed by atoms with Crippen molar-refractivity contribution >= 4 is 17.4 Å². The van der Waals surface area contributed by atoms with Crippen LogP contribution >= 0.6 is 0 Å². The highest BCUT2D eigenvalue weighted by atomic mass is 16.5. The van der Waals surface area contributed by atoms with E-state index >= 15 is 0 Å². The molecular weight excluding hydrogens is 446 g/mol. The van der Waals surface area contributed by atoms with E-state index in [2.05, 4.69) is 15.0 Å². The van der Waals surface area contributed by atoms with Crippen LogP contribution in [0.1, 0.15) is 31.1 Å². The predicted molar refractivity (Wildman–Crippen MR) is 131 cm³/mol. The standard InChI is InChI=1S/C26H29N5O4/c1-33-21-9-8-18(14-22(21)34-2)25-28-26(35-29-25)17-10-12-30(13-11-17)24(27)19-15-23(32)31(16-19)20-6-4-3-5-7-20/h3-9,14,17,19,27H,10-13,15-16H2,1-2H3. The second kappa shape index (κ2) is 9.77. The fourth-order valence-corrected chi connectivity index (χ4v) is 4.87. The van der Waals surface area contributed by atoms with Crippen LogP contribution in [0.5, 0.6) is 11.5 Å². The highest BCUT2D eigenvalue weighted by molar-refractivity contribution is 6.00. The third kappa shape index (κ3) is 4.58. The van der Waals surface area contributed by atoms with Crippen molar-refractivity contribution < 1.29 is 18.8 Å². The van der Waals surface area contributed by atoms with Crippen molar-refractivity contribution in [1.29, 1.82) is 5.41 Å². The molecule has 2 aliphatic rings. The van der Waals surface area contributed by atoms with Gasteiger partial charge >= 0.3 is 0 Å². The molecule has 1 unspecified atom stereocenters. The number of para-hydroxylation sites is 1. The Morgan fingerprint density at radius 1 is 1.06 bits per heavy atom. The second-order valence-corrected chi connectivity index (χ2v) is 8.91. The van der Waals surface area contributed by atoms with Gasteiger partial charge in [-0.25, -0.2) is 0 Å². The topological polar surface area (TPSA) is 105 Å². The fourth-order valence-electron chi connectivity index (χ4n) is 4.87. The molecule has 2 fully saturated rings. The van der Waals surface area contributed by atoms with E-state index in [4.69, 9.17) is 19.4 Å². The van der Waals surface area contributed by atoms with E-state index in [1.54, 1.807) is 19.1 Å². The van der Waals surface area contributed by atoms with Gasteiger partial charge in [0.1, 0.15) is 5.84 Å². The van der Waals surface area contributed by atoms with Crippen molar-refractivity contribution in [3.05, 3.63) is 54.4 Å². The van der Waals surface area contributed by atoms with Crippen molar-refractivity contribution in [3.63, 3.8) is 0 Å². The molecular formula is C26H29N5O4. The number of hydrogen-bond donors (Lipinski definition) is 1. The molecule has 0 bridgehead atoms. The van der Waals surface area contributed by atoms with Gasteiger partial charge < -0.3 is 23.8 Å². The highest BCUT2D eigenvalue weighted by Crippen LogP contribution is 2.34. The number of amidine groups is 1. The summed E-state index contributed by atoms with van der Waals surface area (Å²) in [5.74, 6) is 3.07. The number of nitrogens with zero attached hydrogens (tertiary/aromatic N) is 4. The minimum Gasteiger partial charge on any atom is -0.493 e. The smallest absolute Gasteiger partial charge is 0.230 e. The Kier molecular flexibility index (Phi) is 6.39. The maximum Gasteiger partial charge on any atom is 0.230 e. The first kappa shape index (κ1) is 22.9. The molecule has 3 aromatic rings. The number of benzene rings is 2. The van der Waals surface area contributed by atoms with Crippen LogP contribution in [0, 0.1) is 11.3 Å². The molecule has 2 aliphatic heterocycles. The summed E-state index contributed by atoms with van der Waals surface area (Å²) in [7, 11) is 3.19. The molecule has 0 spiro atoms. The number of carbonyl (C=O) groups excluding carboxylic acids is 1. The fraction of sp³-hybridized carbons (Fsp3) is 0.385. The summed E-state index contributed by atoms with van der Waals surface area (Å²) in [6.45, 7) is 2.02. The quantitative estimate of drug-likeness (QED) is 0.425. The zero-order chi connectivity index (χ0) is 24.4. The summed E-state index contributed by atoms with van der Waals surface area (Å²) >= 11 is 0. The monoisotopic (exact) mass is 475 g/mol. The Morgan fingerprint density at radius 2 is 1.80 bits per heavy atom. The van der Waals surface area contributed by atoms with Gasteiger partial charge in [0.25, 0.3) is 0 Å². The number of amides is 1. The largest absolute Gasteiger partial charge is 0.493 e. The van der Waals surface area contributed by atoms with Gasteiger partial charge in [0.2, 0.25) is 17.6 Å². The van der Waals surface area contributed by atoms with Gasteiger partial charge in [-0.1, -0.05) is 23.4 Å². The molecule has 9 heteroatoms. The minimum absolute atomic E-state index is 0.0781. The van der Waals surface area contributed by atoms with Crippen LogP contribution in [0.15, 0.2) is 53.1 Å². The van der Waals surface area contributed by atoms with Gasteiger partial charge in [-0.05, 0) is 43.2 Å². The number of anilines is 1. The van der Waals surface area contributed by atoms with Gasteiger partial charge in [-0.15, -0.1) is 0 Å². The number of piperidine rings is 1. The lowest BCUT2D eigenvalue weighted by Gasteiger charge is -2.34. The summed E-state index contributed by atoms with van der Waals surface area (Å²) in [5, 5.41) is 12.9. The summed E-state index contributed by atoms with van der Waals surface area (Å²) < 4.78 is 16.3. The van der Waals surface area contributed by atoms with Crippen LogP contribution < -0.4 is 14.4 Å². The van der Waals surface area contributed by atoms with E-state index in [1.165, 1.54) is 0 Å². The number of aromatic nitrogens is 2. The molecule has 1 amide bonds. The molecule has 1 aromatic heterocycles. The number of nitrogens with one attached hydrogen (secondary N) is 1. The number of ether oxygens (including phenoxy) is 2. The first-order valence-corrected chi connectivity index (χ1v) is 11.8. The van der Waals surface area contributed by atoms with Crippen LogP contribution in [0.4, 0.5) is 5.69 Å². The second-order valence-electron chi connectivity index (χ2n) is 8.91. The third-order valence-corrected chi connectivity index (χ3v) is 6.85. The van der Waals surface area contributed by atoms with E-state index < -0.39 is 0 Å². The van der Waals surface area contributed by atoms with Crippen molar-refractivity contribution in [2.45, 2.75) is 25.2 Å². The Labute approximate surface area is 204 Å². The van der Waals surface area contributed by atoms with E-state index in [9.17, 15) is 4.79 Å². The molecule has 3 heterocycles. The van der Waals surface area contributed by atoms with E-state index in [0.29, 0.717) is 42.0 Å². The molecule has 0 radical (unpaired) electrons. The van der Waals surface area contributed by atoms with Crippen molar-refractivity contribution in [3.8, 4) is 22.9 Å². The Balaban J connectivity index is 1.19. The molecule has 5 rings (SSSR count). The van der Waals surface area contributed by atoms with Crippen molar-refractivity contribution in [2.75, 3.05) is 38.8 Å². The van der Waals surface area contributed by atoms with Crippen LogP contribution in [0.25, 0.3) is 11.4 Å². The van der Waals surface area contributed by atoms with Gasteiger partial charge in [-0.2, -0.15) is 4.98 Å². The van der Waals surface area contributed by atoms with Gasteiger partial charge in [0, 0.05) is 49.1 Å². The van der Waals surface area contributed by atoms with E-state index in [-0.39, 0.29) is 17.7 Å². The predicted octanol–water partition coefficient (Wildman–Crippen LogP) is 3.96. The SMILES string of the molecule is COc1ccc(-c2noc(C3CCN(C(=N)C4CC(=O)N(c5ccccc5)C4)CC3)n2)cc1OC. The summed E-state index contributed by atoms with van der Waals surface area (Å²) in [6.07, 6.45) is 2.02. The molecule has 35 heavy (non-hydrogen) atoms. The summed E-state index contributed by atoms with van der Waals surface area (Å²) in [4.78, 5) is 21.1. The molecule has 0 aliphatic carbocycles. The van der Waals surface area contributed by atoms with Crippen LogP contribution in [0.2, 0.25) is 0 Å². The summed E-state index contributed by atoms with van der Waals surface area (Å²) in [5.41, 5.74) is 1.69. The van der Waals surface area contributed by atoms with E-state index in [1.807, 2.05) is 48.5 Å². The third-order valence-electron chi connectivity index (χ3n) is 6.85. The molecule has 9 nitrogen and oxygen atoms in total. The van der Waals surface area contributed by atoms with Gasteiger partial charge in [-0.3, -0.25) is 10.2 Å². The Hall–Kier alpha value is -3.88. The van der Waals surface area contributed by atoms with E-state index in [0.717, 1.165) is 37.2 Å². The average Bonchev–Trinajstić information content (AvgIpc) is 3.56. The first-order chi connectivity index (χ1) is 17.1. The highest BCUT2D eigenvalue weighted by Gasteiger charge is 2.36. The molecule has 182 valence electrons. The lowest BCUT2D eigenvalue weighted by molar-refractivity contribution is -0.117. The number of hydrogen-bond acceptors (Lipinski definition) is 7. The summed E-state index contributed by atoms with van der Waals surface area (Å²) in [6, 6.07) is 15.2. The molecule has 2 aromatic carbocycles. The first-order valence-electron chi connectivity index (χ1n) is 11.8. The zero-order valence-corrected chi connectivity index (χ0v) is 19.9. The number of methoxy groups -OCH3 is 2. The molecule has 0 saturated carbocycles. The minimum atomic E-state index is -0.0840. The Bertz CT molecular complexity index is 1200. The van der Waals surface area contributed by atoms with Crippen LogP contribution in [0.3, 0.4) is 0 Å². The van der Waals surface area contributed by atoms with Crippen molar-refractivity contribution in [1.82, 2.24) is 15.0 Å². The lowest BCUT2D eigenvalue weighted by Crippen LogP contribution is -2.41. The maximum atomic E-state index is 12.6. The number of carbonyl (C=O) groups is 1. The number of likely N-dealkylation sites (tertiary alicyclic amines) is 1. The van der Waals surface area contributed by atoms with Gasteiger partial charge in [0.15, 0.2) is 11.5 Å². The molecule has 1 N–H and O–H groups in total. The maximum absolute atomic E-state index is 12.6. The van der Waals surface area contributed by atoms with Crippen LogP contribution in [-0.2, 0) is 4.79 Å². The lowest BCUT2D eigenvalue weighted by atomic mass is 9.95. The zero-order valence-electron chi connectivity index (χ0n) is 19.9. The van der Waals surface area contributed by atoms with Gasteiger partial charge in [0.05, 0.1) is 14.2 Å².